The van der Waals surface area contributed by atoms with Crippen molar-refractivity contribution in [1.82, 2.24) is 19.4 Å². The van der Waals surface area contributed by atoms with Crippen LogP contribution in [-0.4, -0.2) is 39.5 Å². The highest BCUT2D eigenvalue weighted by Gasteiger charge is 2.37. The Labute approximate surface area is 250 Å². The van der Waals surface area contributed by atoms with Gasteiger partial charge >= 0.3 is 5.69 Å². The van der Waals surface area contributed by atoms with Gasteiger partial charge in [0.2, 0.25) is 0 Å². The van der Waals surface area contributed by atoms with Crippen molar-refractivity contribution in [3.8, 4) is 11.4 Å². The van der Waals surface area contributed by atoms with E-state index < -0.39 is 0 Å². The molecule has 1 aliphatic heterocycles. The van der Waals surface area contributed by atoms with Crippen LogP contribution < -0.4 is 15.7 Å². The summed E-state index contributed by atoms with van der Waals surface area (Å²) in [4.78, 5) is 43.1. The van der Waals surface area contributed by atoms with Gasteiger partial charge in [0, 0.05) is 23.1 Å². The number of hydrogen-bond donors (Lipinski definition) is 1. The van der Waals surface area contributed by atoms with Crippen molar-refractivity contribution < 1.29 is 14.3 Å². The second-order valence-electron chi connectivity index (χ2n) is 10.3. The Morgan fingerprint density at radius 2 is 1.76 bits per heavy atom. The van der Waals surface area contributed by atoms with Crippen molar-refractivity contribution >= 4 is 39.3 Å². The molecule has 0 radical (unpaired) electrons. The van der Waals surface area contributed by atoms with Gasteiger partial charge in [0.05, 0.1) is 36.1 Å². The number of nitrogens with one attached hydrogen (secondary N) is 1. The lowest BCUT2D eigenvalue weighted by Crippen LogP contribution is -2.41. The van der Waals surface area contributed by atoms with Gasteiger partial charge < -0.3 is 15.0 Å². The molecule has 1 saturated carbocycles. The average Bonchev–Trinajstić information content (AvgIpc) is 3.80. The fourth-order valence-electron chi connectivity index (χ4n) is 5.42. The third kappa shape index (κ3) is 5.31. The van der Waals surface area contributed by atoms with Gasteiger partial charge in [0.15, 0.2) is 0 Å². The van der Waals surface area contributed by atoms with E-state index in [0.29, 0.717) is 44.7 Å². The third-order valence-corrected chi connectivity index (χ3v) is 8.95. The number of fused-ring (bicyclic) bond motifs is 1. The van der Waals surface area contributed by atoms with E-state index in [4.69, 9.17) is 16.3 Å². The number of benzene rings is 3. The molecular weight excluding hydrogens is 608 g/mol. The Morgan fingerprint density at radius 3 is 2.41 bits per heavy atom. The molecule has 1 atom stereocenters. The molecule has 2 heterocycles. The number of rotatable bonds is 7. The SMILES string of the molecule is COc1ccc(-n2c(C(=O)N[C@H](c3ccccc3)C3CC3)c3n(c2=O)CCN(C(=O)c2ccc(Br)c(Cl)c2)C3)cc1. The van der Waals surface area contributed by atoms with Crippen LogP contribution in [0.15, 0.2) is 82.1 Å². The van der Waals surface area contributed by atoms with E-state index >= 15 is 0 Å². The molecule has 10 heteroatoms. The summed E-state index contributed by atoms with van der Waals surface area (Å²) in [7, 11) is 1.57. The molecule has 0 spiro atoms. The van der Waals surface area contributed by atoms with E-state index in [1.165, 1.54) is 4.57 Å². The van der Waals surface area contributed by atoms with Crippen molar-refractivity contribution in [3.05, 3.63) is 115 Å². The molecule has 8 nitrogen and oxygen atoms in total. The lowest BCUT2D eigenvalue weighted by molar-refractivity contribution is 0.0706. The van der Waals surface area contributed by atoms with Crippen LogP contribution in [0.1, 0.15) is 51.0 Å². The number of aromatic nitrogens is 2. The molecule has 41 heavy (non-hydrogen) atoms. The highest BCUT2D eigenvalue weighted by atomic mass is 79.9. The summed E-state index contributed by atoms with van der Waals surface area (Å²) in [6.45, 7) is 0.688. The Kier molecular flexibility index (Phi) is 7.48. The van der Waals surface area contributed by atoms with E-state index in [9.17, 15) is 14.4 Å². The van der Waals surface area contributed by atoms with Crippen LogP contribution in [0.3, 0.4) is 0 Å². The zero-order valence-electron chi connectivity index (χ0n) is 22.3. The van der Waals surface area contributed by atoms with E-state index in [1.54, 1.807) is 59.0 Å². The number of carbonyl (C=O) groups is 2. The van der Waals surface area contributed by atoms with Gasteiger partial charge in [-0.2, -0.15) is 0 Å². The molecule has 6 rings (SSSR count). The monoisotopic (exact) mass is 634 g/mol. The Balaban J connectivity index is 1.41. The minimum absolute atomic E-state index is 0.104. The highest BCUT2D eigenvalue weighted by Crippen LogP contribution is 2.41. The summed E-state index contributed by atoms with van der Waals surface area (Å²) in [5, 5.41) is 3.67. The number of amides is 2. The topological polar surface area (TPSA) is 85.6 Å². The standard InChI is InChI=1S/C31H28BrClN4O4/c1-41-23-12-10-22(11-13-23)37-28(29(38)34-27(20-7-8-20)19-5-3-2-4-6-19)26-18-35(15-16-36(26)31(37)40)30(39)21-9-14-24(32)25(33)17-21/h2-6,9-14,17,20,27H,7-8,15-16,18H2,1H3,(H,34,38)/t27-/m1/s1. The molecular formula is C31H28BrClN4O4. The largest absolute Gasteiger partial charge is 0.497 e. The van der Waals surface area contributed by atoms with Crippen molar-refractivity contribution in [2.75, 3.05) is 13.7 Å². The molecule has 2 amide bonds. The second kappa shape index (κ2) is 11.2. The molecule has 1 aromatic heterocycles. The Bertz CT molecular complexity index is 1680. The number of imidazole rings is 1. The van der Waals surface area contributed by atoms with Crippen molar-refractivity contribution in [2.45, 2.75) is 32.0 Å². The summed E-state index contributed by atoms with van der Waals surface area (Å²) in [6, 6.07) is 21.8. The smallest absolute Gasteiger partial charge is 0.333 e. The highest BCUT2D eigenvalue weighted by molar-refractivity contribution is 9.10. The molecule has 0 unspecified atom stereocenters. The minimum atomic E-state index is -0.353. The zero-order chi connectivity index (χ0) is 28.7. The first-order valence-electron chi connectivity index (χ1n) is 13.4. The number of carbonyl (C=O) groups excluding carboxylic acids is 2. The van der Waals surface area contributed by atoms with Crippen LogP contribution in [0.25, 0.3) is 5.69 Å². The Hall–Kier alpha value is -3.82. The van der Waals surface area contributed by atoms with Crippen LogP contribution in [0.4, 0.5) is 0 Å². The summed E-state index contributed by atoms with van der Waals surface area (Å²) >= 11 is 9.62. The summed E-state index contributed by atoms with van der Waals surface area (Å²) < 4.78 is 9.05. The van der Waals surface area contributed by atoms with Gasteiger partial charge in [0.25, 0.3) is 11.8 Å². The maximum absolute atomic E-state index is 14.2. The van der Waals surface area contributed by atoms with Crippen molar-refractivity contribution in [1.29, 1.82) is 0 Å². The average molecular weight is 636 g/mol. The van der Waals surface area contributed by atoms with Crippen molar-refractivity contribution in [2.24, 2.45) is 5.92 Å². The maximum atomic E-state index is 14.2. The van der Waals surface area contributed by atoms with Gasteiger partial charge in [-0.25, -0.2) is 4.79 Å². The predicted molar refractivity (Wildman–Crippen MR) is 160 cm³/mol. The summed E-state index contributed by atoms with van der Waals surface area (Å²) in [5.41, 5.74) is 2.41. The minimum Gasteiger partial charge on any atom is -0.497 e. The van der Waals surface area contributed by atoms with Crippen LogP contribution in [0.5, 0.6) is 5.75 Å². The van der Waals surface area contributed by atoms with E-state index in [2.05, 4.69) is 21.2 Å². The summed E-state index contributed by atoms with van der Waals surface area (Å²) in [6.07, 6.45) is 2.05. The molecule has 210 valence electrons. The second-order valence-corrected chi connectivity index (χ2v) is 11.6. The van der Waals surface area contributed by atoms with Crippen molar-refractivity contribution in [3.63, 3.8) is 0 Å². The number of halogens is 2. The lowest BCUT2D eigenvalue weighted by atomic mass is 10.0. The molecule has 4 aromatic rings. The van der Waals surface area contributed by atoms with Gasteiger partial charge in [-0.3, -0.25) is 18.7 Å². The van der Waals surface area contributed by atoms with Gasteiger partial charge in [-0.15, -0.1) is 0 Å². The number of hydrogen-bond acceptors (Lipinski definition) is 4. The first-order chi connectivity index (χ1) is 19.9. The Morgan fingerprint density at radius 1 is 1.02 bits per heavy atom. The predicted octanol–water partition coefficient (Wildman–Crippen LogP) is 5.60. The van der Waals surface area contributed by atoms with Gasteiger partial charge in [-0.1, -0.05) is 41.9 Å². The fourth-order valence-corrected chi connectivity index (χ4v) is 5.85. The van der Waals surface area contributed by atoms with Crippen LogP contribution in [0.2, 0.25) is 5.02 Å². The molecule has 0 bridgehead atoms. The molecule has 2 aliphatic rings. The molecule has 0 saturated heterocycles. The first-order valence-corrected chi connectivity index (χ1v) is 14.6. The number of methoxy groups -OCH3 is 1. The van der Waals surface area contributed by atoms with Gasteiger partial charge in [0.1, 0.15) is 11.4 Å². The first kappa shape index (κ1) is 27.4. The molecule has 1 aliphatic carbocycles. The number of ether oxygens (including phenoxy) is 1. The van der Waals surface area contributed by atoms with Crippen LogP contribution >= 0.6 is 27.5 Å². The van der Waals surface area contributed by atoms with E-state index in [0.717, 1.165) is 18.4 Å². The van der Waals surface area contributed by atoms with Crippen LogP contribution in [-0.2, 0) is 13.1 Å². The fraction of sp³-hybridized carbons (Fsp3) is 0.258. The normalized spacial score (nSPS) is 15.2. The lowest BCUT2D eigenvalue weighted by Gasteiger charge is -2.29. The van der Waals surface area contributed by atoms with E-state index in [-0.39, 0.29) is 42.3 Å². The third-order valence-electron chi connectivity index (χ3n) is 7.72. The van der Waals surface area contributed by atoms with Gasteiger partial charge in [-0.05, 0) is 82.7 Å². The number of nitrogens with zero attached hydrogens (tertiary/aromatic N) is 3. The zero-order valence-corrected chi connectivity index (χ0v) is 24.7. The molecule has 1 fully saturated rings. The van der Waals surface area contributed by atoms with Crippen LogP contribution in [0, 0.1) is 5.92 Å². The maximum Gasteiger partial charge on any atom is 0.333 e. The van der Waals surface area contributed by atoms with E-state index in [1.807, 2.05) is 30.3 Å². The molecule has 1 N–H and O–H groups in total. The molecule has 3 aromatic carbocycles. The summed E-state index contributed by atoms with van der Waals surface area (Å²) in [5.74, 6) is 0.399. The quantitative estimate of drug-likeness (QED) is 0.287.